The van der Waals surface area contributed by atoms with Crippen molar-refractivity contribution in [3.63, 3.8) is 0 Å². The number of halogens is 2. The molecule has 1 saturated carbocycles. The van der Waals surface area contributed by atoms with E-state index < -0.39 is 6.43 Å². The Bertz CT molecular complexity index is 818. The third-order valence-corrected chi connectivity index (χ3v) is 4.69. The standard InChI is InChI=1S/C18H18F2N6/c19-17(20)14-10-16(24-18(23-14)12-4-5-12)26-8-6-25(7-9-26)15-3-1-2-13(11-21)22-15/h1-3,10,12,17H,4-9H2. The molecule has 1 aliphatic heterocycles. The Labute approximate surface area is 150 Å². The lowest BCUT2D eigenvalue weighted by Crippen LogP contribution is -2.47. The second kappa shape index (κ2) is 6.83. The van der Waals surface area contributed by atoms with Gasteiger partial charge in [-0.1, -0.05) is 6.07 Å². The molecule has 3 heterocycles. The summed E-state index contributed by atoms with van der Waals surface area (Å²) in [5.41, 5.74) is 0.194. The van der Waals surface area contributed by atoms with Crippen LogP contribution in [0.25, 0.3) is 0 Å². The Hall–Kier alpha value is -2.82. The first kappa shape index (κ1) is 16.6. The van der Waals surface area contributed by atoms with Gasteiger partial charge in [0.05, 0.1) is 0 Å². The lowest BCUT2D eigenvalue weighted by molar-refractivity contribution is 0.145. The smallest absolute Gasteiger partial charge is 0.280 e. The van der Waals surface area contributed by atoms with E-state index in [1.807, 2.05) is 23.1 Å². The Morgan fingerprint density at radius 2 is 1.69 bits per heavy atom. The van der Waals surface area contributed by atoms with Crippen molar-refractivity contribution in [2.45, 2.75) is 25.2 Å². The number of nitrogens with zero attached hydrogens (tertiary/aromatic N) is 6. The van der Waals surface area contributed by atoms with Gasteiger partial charge in [0.2, 0.25) is 0 Å². The van der Waals surface area contributed by atoms with Crippen molar-refractivity contribution in [2.24, 2.45) is 0 Å². The predicted octanol–water partition coefficient (Wildman–Crippen LogP) is 2.88. The van der Waals surface area contributed by atoms with E-state index in [0.717, 1.165) is 18.7 Å². The largest absolute Gasteiger partial charge is 0.353 e. The molecule has 6 nitrogen and oxygen atoms in total. The normalized spacial score (nSPS) is 17.5. The van der Waals surface area contributed by atoms with E-state index in [1.165, 1.54) is 6.07 Å². The molecule has 4 rings (SSSR count). The second-order valence-corrected chi connectivity index (χ2v) is 6.55. The van der Waals surface area contributed by atoms with Gasteiger partial charge in [0.25, 0.3) is 6.43 Å². The molecule has 0 amide bonds. The highest BCUT2D eigenvalue weighted by Gasteiger charge is 2.29. The van der Waals surface area contributed by atoms with E-state index >= 15 is 0 Å². The van der Waals surface area contributed by atoms with Crippen molar-refractivity contribution in [1.82, 2.24) is 15.0 Å². The number of piperazine rings is 1. The molecule has 2 aliphatic rings. The van der Waals surface area contributed by atoms with Crippen molar-refractivity contribution < 1.29 is 8.78 Å². The Morgan fingerprint density at radius 3 is 2.31 bits per heavy atom. The molecule has 1 saturated heterocycles. The van der Waals surface area contributed by atoms with Crippen LogP contribution in [0.4, 0.5) is 20.4 Å². The van der Waals surface area contributed by atoms with Crippen molar-refractivity contribution in [1.29, 1.82) is 5.26 Å². The number of hydrogen-bond donors (Lipinski definition) is 0. The van der Waals surface area contributed by atoms with Crippen LogP contribution in [0, 0.1) is 11.3 Å². The first-order valence-corrected chi connectivity index (χ1v) is 8.68. The predicted molar refractivity (Wildman–Crippen MR) is 92.3 cm³/mol. The van der Waals surface area contributed by atoms with Crippen LogP contribution in [0.5, 0.6) is 0 Å². The minimum absolute atomic E-state index is 0.192. The summed E-state index contributed by atoms with van der Waals surface area (Å²) in [7, 11) is 0. The third-order valence-electron chi connectivity index (χ3n) is 4.69. The van der Waals surface area contributed by atoms with E-state index in [-0.39, 0.29) is 11.6 Å². The van der Waals surface area contributed by atoms with Crippen LogP contribution in [0.15, 0.2) is 24.3 Å². The lowest BCUT2D eigenvalue weighted by Gasteiger charge is -2.36. The highest BCUT2D eigenvalue weighted by atomic mass is 19.3. The highest BCUT2D eigenvalue weighted by Crippen LogP contribution is 2.39. The van der Waals surface area contributed by atoms with E-state index in [9.17, 15) is 8.78 Å². The van der Waals surface area contributed by atoms with Gasteiger partial charge in [-0.15, -0.1) is 0 Å². The number of hydrogen-bond acceptors (Lipinski definition) is 6. The van der Waals surface area contributed by atoms with Crippen molar-refractivity contribution in [3.05, 3.63) is 41.5 Å². The number of nitriles is 1. The maximum absolute atomic E-state index is 13.2. The highest BCUT2D eigenvalue weighted by molar-refractivity contribution is 5.47. The second-order valence-electron chi connectivity index (χ2n) is 6.55. The van der Waals surface area contributed by atoms with Crippen LogP contribution in [-0.2, 0) is 0 Å². The summed E-state index contributed by atoms with van der Waals surface area (Å²) in [5.74, 6) is 2.11. The van der Waals surface area contributed by atoms with E-state index in [1.54, 1.807) is 6.07 Å². The zero-order valence-corrected chi connectivity index (χ0v) is 14.1. The summed E-state index contributed by atoms with van der Waals surface area (Å²) in [4.78, 5) is 17.0. The number of rotatable bonds is 4. The fourth-order valence-electron chi connectivity index (χ4n) is 3.10. The minimum atomic E-state index is -2.59. The number of anilines is 2. The first-order chi connectivity index (χ1) is 12.6. The van der Waals surface area contributed by atoms with Gasteiger partial charge in [0, 0.05) is 38.2 Å². The SMILES string of the molecule is N#Cc1cccc(N2CCN(c3cc(C(F)F)nc(C4CC4)n3)CC2)n1. The van der Waals surface area contributed by atoms with Crippen LogP contribution in [-0.4, -0.2) is 41.1 Å². The number of alkyl halides is 2. The fraction of sp³-hybridized carbons (Fsp3) is 0.444. The van der Waals surface area contributed by atoms with Gasteiger partial charge in [0.15, 0.2) is 0 Å². The summed E-state index contributed by atoms with van der Waals surface area (Å²) in [6.45, 7) is 2.69. The molecule has 2 fully saturated rings. The van der Waals surface area contributed by atoms with E-state index in [2.05, 4.69) is 19.9 Å². The molecule has 0 aromatic carbocycles. The summed E-state index contributed by atoms with van der Waals surface area (Å²) < 4.78 is 26.4. The van der Waals surface area contributed by atoms with Gasteiger partial charge in [-0.3, -0.25) is 0 Å². The van der Waals surface area contributed by atoms with E-state index in [4.69, 9.17) is 5.26 Å². The van der Waals surface area contributed by atoms with Crippen LogP contribution in [0.1, 0.15) is 42.4 Å². The van der Waals surface area contributed by atoms with Gasteiger partial charge < -0.3 is 9.80 Å². The van der Waals surface area contributed by atoms with Gasteiger partial charge >= 0.3 is 0 Å². The maximum atomic E-state index is 13.2. The summed E-state index contributed by atoms with van der Waals surface area (Å²) >= 11 is 0. The molecule has 0 spiro atoms. The molecule has 134 valence electrons. The van der Waals surface area contributed by atoms with Crippen LogP contribution >= 0.6 is 0 Å². The molecule has 8 heteroatoms. The van der Waals surface area contributed by atoms with E-state index in [0.29, 0.717) is 43.5 Å². The molecular formula is C18H18F2N6. The Morgan fingerprint density at radius 1 is 1.00 bits per heavy atom. The average Bonchev–Trinajstić information content (AvgIpc) is 3.53. The molecule has 1 aliphatic carbocycles. The molecule has 2 aromatic heterocycles. The summed E-state index contributed by atoms with van der Waals surface area (Å²) in [6.07, 6.45) is -0.643. The lowest BCUT2D eigenvalue weighted by atomic mass is 10.2. The van der Waals surface area contributed by atoms with Gasteiger partial charge in [-0.05, 0) is 25.0 Å². The summed E-state index contributed by atoms with van der Waals surface area (Å²) in [6, 6.07) is 8.81. The molecule has 26 heavy (non-hydrogen) atoms. The number of aromatic nitrogens is 3. The molecular weight excluding hydrogens is 338 g/mol. The van der Waals surface area contributed by atoms with Crippen LogP contribution < -0.4 is 9.80 Å². The van der Waals surface area contributed by atoms with Gasteiger partial charge in [-0.25, -0.2) is 23.7 Å². The van der Waals surface area contributed by atoms with Crippen molar-refractivity contribution in [3.8, 4) is 6.07 Å². The van der Waals surface area contributed by atoms with Gasteiger partial charge in [-0.2, -0.15) is 5.26 Å². The maximum Gasteiger partial charge on any atom is 0.280 e. The molecule has 0 radical (unpaired) electrons. The third kappa shape index (κ3) is 3.43. The zero-order valence-electron chi connectivity index (χ0n) is 14.1. The minimum Gasteiger partial charge on any atom is -0.353 e. The molecule has 0 N–H and O–H groups in total. The molecule has 0 bridgehead atoms. The monoisotopic (exact) mass is 356 g/mol. The molecule has 0 atom stereocenters. The van der Waals surface area contributed by atoms with Crippen molar-refractivity contribution >= 4 is 11.6 Å². The molecule has 2 aromatic rings. The van der Waals surface area contributed by atoms with Crippen LogP contribution in [0.2, 0.25) is 0 Å². The Balaban J connectivity index is 1.50. The zero-order chi connectivity index (χ0) is 18.1. The van der Waals surface area contributed by atoms with Crippen molar-refractivity contribution in [2.75, 3.05) is 36.0 Å². The Kier molecular flexibility index (Phi) is 4.37. The fourth-order valence-corrected chi connectivity index (χ4v) is 3.10. The van der Waals surface area contributed by atoms with Gasteiger partial charge in [0.1, 0.15) is 34.9 Å². The average molecular weight is 356 g/mol. The summed E-state index contributed by atoms with van der Waals surface area (Å²) in [5, 5.41) is 8.98. The van der Waals surface area contributed by atoms with Crippen LogP contribution in [0.3, 0.4) is 0 Å². The first-order valence-electron chi connectivity index (χ1n) is 8.68. The molecule has 0 unspecified atom stereocenters. The topological polar surface area (TPSA) is 68.9 Å². The number of pyridine rings is 1. The quantitative estimate of drug-likeness (QED) is 0.839.